The van der Waals surface area contributed by atoms with E-state index in [1.807, 2.05) is 16.7 Å². The van der Waals surface area contributed by atoms with E-state index >= 15 is 0 Å². The number of aromatic nitrogens is 3. The lowest BCUT2D eigenvalue weighted by molar-refractivity contribution is -0.116. The molecular weight excluding hydrogens is 405 g/mol. The number of amides is 1. The van der Waals surface area contributed by atoms with Crippen molar-refractivity contribution in [1.82, 2.24) is 14.8 Å². The Balaban J connectivity index is 1.78. The molecule has 0 aliphatic rings. The summed E-state index contributed by atoms with van der Waals surface area (Å²) in [4.78, 5) is 14.4. The quantitative estimate of drug-likeness (QED) is 0.471. The molecule has 3 aromatic rings. The highest BCUT2D eigenvalue weighted by Crippen LogP contribution is 2.26. The minimum Gasteiger partial charge on any atom is -0.461 e. The van der Waals surface area contributed by atoms with E-state index in [0.717, 1.165) is 0 Å². The molecule has 0 aliphatic heterocycles. The Hall–Kier alpha value is -3.12. The van der Waals surface area contributed by atoms with E-state index in [4.69, 9.17) is 9.68 Å². The van der Waals surface area contributed by atoms with Crippen LogP contribution in [-0.2, 0) is 11.3 Å². The third kappa shape index (κ3) is 5.27. The fourth-order valence-electron chi connectivity index (χ4n) is 2.90. The van der Waals surface area contributed by atoms with Crippen LogP contribution in [0.1, 0.15) is 20.3 Å². The van der Waals surface area contributed by atoms with Crippen molar-refractivity contribution in [2.75, 3.05) is 17.2 Å². The third-order valence-corrected chi connectivity index (χ3v) is 5.17. The Morgan fingerprint density at radius 1 is 1.30 bits per heavy atom. The van der Waals surface area contributed by atoms with Crippen molar-refractivity contribution in [2.24, 2.45) is 5.92 Å². The normalized spacial score (nSPS) is 10.9. The van der Waals surface area contributed by atoms with Gasteiger partial charge in [-0.05, 0) is 42.3 Å². The highest BCUT2D eigenvalue weighted by Gasteiger charge is 2.21. The second-order valence-corrected chi connectivity index (χ2v) is 7.95. The molecule has 0 N–H and O–H groups in total. The number of rotatable bonds is 9. The average molecular weight is 428 g/mol. The fourth-order valence-corrected chi connectivity index (χ4v) is 3.72. The molecular formula is C21H22FN5O2S. The lowest BCUT2D eigenvalue weighted by Crippen LogP contribution is -2.33. The van der Waals surface area contributed by atoms with Gasteiger partial charge >= 0.3 is 0 Å². The molecule has 0 bridgehead atoms. The molecule has 0 unspecified atom stereocenters. The van der Waals surface area contributed by atoms with Gasteiger partial charge in [0.1, 0.15) is 5.82 Å². The summed E-state index contributed by atoms with van der Waals surface area (Å²) in [6, 6.07) is 11.3. The maximum atomic E-state index is 13.3. The predicted molar refractivity (Wildman–Crippen MR) is 112 cm³/mol. The van der Waals surface area contributed by atoms with Gasteiger partial charge in [-0.25, -0.2) is 4.39 Å². The number of halogens is 1. The molecule has 0 radical (unpaired) electrons. The van der Waals surface area contributed by atoms with Gasteiger partial charge in [0.2, 0.25) is 5.91 Å². The molecule has 9 heteroatoms. The van der Waals surface area contributed by atoms with Crippen molar-refractivity contribution >= 4 is 23.4 Å². The zero-order valence-electron chi connectivity index (χ0n) is 16.8. The van der Waals surface area contributed by atoms with Crippen molar-refractivity contribution in [3.8, 4) is 17.7 Å². The minimum atomic E-state index is -0.381. The number of thioether (sulfide) groups is 1. The summed E-state index contributed by atoms with van der Waals surface area (Å²) in [6.45, 7) is 5.08. The number of anilines is 1. The van der Waals surface area contributed by atoms with Crippen molar-refractivity contribution in [3.63, 3.8) is 0 Å². The number of nitriles is 1. The van der Waals surface area contributed by atoms with E-state index in [1.54, 1.807) is 12.3 Å². The molecule has 0 saturated carbocycles. The first-order valence-electron chi connectivity index (χ1n) is 9.52. The molecule has 0 spiro atoms. The van der Waals surface area contributed by atoms with Crippen LogP contribution in [0.25, 0.3) is 11.6 Å². The van der Waals surface area contributed by atoms with Crippen molar-refractivity contribution in [2.45, 2.75) is 32.0 Å². The zero-order chi connectivity index (χ0) is 21.5. The first-order chi connectivity index (χ1) is 14.5. The van der Waals surface area contributed by atoms with Crippen LogP contribution in [0.3, 0.4) is 0 Å². The van der Waals surface area contributed by atoms with E-state index in [9.17, 15) is 9.18 Å². The highest BCUT2D eigenvalue weighted by molar-refractivity contribution is 7.99. The first-order valence-corrected chi connectivity index (χ1v) is 10.5. The molecule has 1 amide bonds. The summed E-state index contributed by atoms with van der Waals surface area (Å²) < 4.78 is 20.7. The first kappa shape index (κ1) is 21.6. The van der Waals surface area contributed by atoms with Crippen LogP contribution >= 0.6 is 11.8 Å². The Morgan fingerprint density at radius 3 is 2.70 bits per heavy atom. The van der Waals surface area contributed by atoms with Gasteiger partial charge in [-0.3, -0.25) is 9.36 Å². The number of hydrogen-bond acceptors (Lipinski definition) is 6. The summed E-state index contributed by atoms with van der Waals surface area (Å²) in [6.07, 6.45) is 1.76. The van der Waals surface area contributed by atoms with Crippen molar-refractivity contribution in [1.29, 1.82) is 5.26 Å². The van der Waals surface area contributed by atoms with Crippen LogP contribution < -0.4 is 4.90 Å². The smallest absolute Gasteiger partial charge is 0.237 e. The van der Waals surface area contributed by atoms with Gasteiger partial charge in [-0.15, -0.1) is 10.2 Å². The van der Waals surface area contributed by atoms with E-state index in [2.05, 4.69) is 24.0 Å². The largest absolute Gasteiger partial charge is 0.461 e. The van der Waals surface area contributed by atoms with Crippen LogP contribution in [0.2, 0.25) is 0 Å². The lowest BCUT2D eigenvalue weighted by Gasteiger charge is -2.21. The predicted octanol–water partition coefficient (Wildman–Crippen LogP) is 4.37. The zero-order valence-corrected chi connectivity index (χ0v) is 17.6. The van der Waals surface area contributed by atoms with Crippen LogP contribution in [0, 0.1) is 23.1 Å². The van der Waals surface area contributed by atoms with Crippen molar-refractivity contribution < 1.29 is 13.6 Å². The van der Waals surface area contributed by atoms with Gasteiger partial charge in [0, 0.05) is 18.8 Å². The SMILES string of the molecule is CC(C)Cn1c(SCC(=O)N(CCC#N)c2ccc(F)cc2)nnc1-c1ccco1. The summed E-state index contributed by atoms with van der Waals surface area (Å²) in [5.74, 6) is 1.11. The maximum absolute atomic E-state index is 13.3. The van der Waals surface area contributed by atoms with Crippen LogP contribution in [0.15, 0.2) is 52.2 Å². The van der Waals surface area contributed by atoms with Crippen molar-refractivity contribution in [3.05, 3.63) is 48.5 Å². The molecule has 2 heterocycles. The number of benzene rings is 1. The molecule has 2 aromatic heterocycles. The molecule has 156 valence electrons. The summed E-state index contributed by atoms with van der Waals surface area (Å²) in [5, 5.41) is 18.0. The van der Waals surface area contributed by atoms with E-state index in [1.165, 1.54) is 40.9 Å². The maximum Gasteiger partial charge on any atom is 0.237 e. The molecule has 0 fully saturated rings. The molecule has 7 nitrogen and oxygen atoms in total. The van der Waals surface area contributed by atoms with E-state index in [0.29, 0.717) is 34.9 Å². The summed E-state index contributed by atoms with van der Waals surface area (Å²) >= 11 is 1.27. The number of hydrogen-bond donors (Lipinski definition) is 0. The minimum absolute atomic E-state index is 0.108. The van der Waals surface area contributed by atoms with Gasteiger partial charge in [-0.2, -0.15) is 5.26 Å². The Bertz CT molecular complexity index is 1010. The molecule has 3 rings (SSSR count). The van der Waals surface area contributed by atoms with Gasteiger partial charge < -0.3 is 9.32 Å². The van der Waals surface area contributed by atoms with Gasteiger partial charge in [-0.1, -0.05) is 25.6 Å². The van der Waals surface area contributed by atoms with Crippen LogP contribution in [-0.4, -0.2) is 33.0 Å². The van der Waals surface area contributed by atoms with Crippen LogP contribution in [0.5, 0.6) is 0 Å². The van der Waals surface area contributed by atoms with Gasteiger partial charge in [0.15, 0.2) is 16.7 Å². The summed E-state index contributed by atoms with van der Waals surface area (Å²) in [5.41, 5.74) is 0.553. The monoisotopic (exact) mass is 427 g/mol. The number of nitrogens with zero attached hydrogens (tertiary/aromatic N) is 5. The fraction of sp³-hybridized carbons (Fsp3) is 0.333. The van der Waals surface area contributed by atoms with Gasteiger partial charge in [0.05, 0.1) is 24.5 Å². The second-order valence-electron chi connectivity index (χ2n) is 7.01. The Kier molecular flexibility index (Phi) is 7.25. The number of carbonyl (C=O) groups excluding carboxylic acids is 1. The summed E-state index contributed by atoms with van der Waals surface area (Å²) in [7, 11) is 0. The Labute approximate surface area is 178 Å². The molecule has 1 aromatic carbocycles. The topological polar surface area (TPSA) is 88.0 Å². The Morgan fingerprint density at radius 2 is 2.07 bits per heavy atom. The third-order valence-electron chi connectivity index (χ3n) is 4.22. The van der Waals surface area contributed by atoms with Crippen LogP contribution in [0.4, 0.5) is 10.1 Å². The van der Waals surface area contributed by atoms with E-state index in [-0.39, 0.29) is 30.4 Å². The standard InChI is InChI=1S/C21H22FN5O2S/c1-15(2)13-27-20(18-5-3-12-29-18)24-25-21(27)30-14-19(28)26(11-4-10-23)17-8-6-16(22)7-9-17/h3,5-9,12,15H,4,11,13-14H2,1-2H3. The molecule has 0 atom stereocenters. The second kappa shape index (κ2) is 10.1. The van der Waals surface area contributed by atoms with E-state index < -0.39 is 0 Å². The van der Waals surface area contributed by atoms with Gasteiger partial charge in [0.25, 0.3) is 0 Å². The lowest BCUT2D eigenvalue weighted by atomic mass is 10.2. The average Bonchev–Trinajstić information content (AvgIpc) is 3.37. The number of furan rings is 1. The number of carbonyl (C=O) groups is 1. The molecule has 30 heavy (non-hydrogen) atoms. The molecule has 0 aliphatic carbocycles. The molecule has 0 saturated heterocycles. The highest BCUT2D eigenvalue weighted by atomic mass is 32.2.